The van der Waals surface area contributed by atoms with Gasteiger partial charge in [0.05, 0.1) is 16.7 Å². The minimum atomic E-state index is -0.569. The molecule has 2 aromatic carbocycles. The molecule has 0 aliphatic carbocycles. The zero-order chi connectivity index (χ0) is 23.5. The first-order chi connectivity index (χ1) is 15.3. The Kier molecular flexibility index (Phi) is 10.8. The molecule has 2 atom stereocenters. The number of nitrogens with one attached hydrogen (secondary N) is 1. The number of hydrogen-bond acceptors (Lipinski definition) is 3. The van der Waals surface area contributed by atoms with Crippen molar-refractivity contribution >= 4 is 35.0 Å². The molecule has 0 radical (unpaired) electrons. The summed E-state index contributed by atoms with van der Waals surface area (Å²) in [4.78, 5) is 27.8. The van der Waals surface area contributed by atoms with Gasteiger partial charge in [0.1, 0.15) is 11.8 Å². The first-order valence-corrected chi connectivity index (χ1v) is 11.8. The number of ether oxygens (including phenoxy) is 1. The van der Waals surface area contributed by atoms with E-state index < -0.39 is 6.04 Å². The van der Waals surface area contributed by atoms with Crippen molar-refractivity contribution in [2.24, 2.45) is 0 Å². The lowest BCUT2D eigenvalue weighted by Gasteiger charge is -2.31. The number of carbonyl (C=O) groups is 2. The maximum atomic E-state index is 13.2. The molecule has 0 aliphatic rings. The molecule has 0 bridgehead atoms. The van der Waals surface area contributed by atoms with Crippen LogP contribution in [0.5, 0.6) is 5.75 Å². The second-order valence-corrected chi connectivity index (χ2v) is 8.59. The van der Waals surface area contributed by atoms with E-state index in [1.165, 1.54) is 0 Å². The second-order valence-electron chi connectivity index (χ2n) is 7.78. The Morgan fingerprint density at radius 3 is 2.38 bits per heavy atom. The largest absolute Gasteiger partial charge is 0.494 e. The van der Waals surface area contributed by atoms with Crippen LogP contribution in [-0.4, -0.2) is 35.4 Å². The van der Waals surface area contributed by atoms with Gasteiger partial charge in [0.2, 0.25) is 11.8 Å². The van der Waals surface area contributed by atoms with Crippen LogP contribution in [0.15, 0.2) is 48.5 Å². The zero-order valence-corrected chi connectivity index (χ0v) is 20.5. The fourth-order valence-electron chi connectivity index (χ4n) is 3.27. The van der Waals surface area contributed by atoms with Crippen LogP contribution in [0.25, 0.3) is 0 Å². The van der Waals surface area contributed by atoms with E-state index in [9.17, 15) is 9.59 Å². The van der Waals surface area contributed by atoms with Crippen molar-refractivity contribution < 1.29 is 14.3 Å². The molecule has 2 rings (SSSR count). The van der Waals surface area contributed by atoms with Crippen LogP contribution in [-0.2, 0) is 16.1 Å². The fraction of sp³-hybridized carbons (Fsp3) is 0.440. The SMILES string of the molecule is CCC(C)NC(=O)C(CC)N(Cc1ccc(Cl)c(Cl)c1)C(=O)CCCOc1ccccc1. The number of nitrogens with zero attached hydrogens (tertiary/aromatic N) is 1. The van der Waals surface area contributed by atoms with Crippen LogP contribution in [0.3, 0.4) is 0 Å². The van der Waals surface area contributed by atoms with Gasteiger partial charge in [-0.1, -0.05) is 61.3 Å². The summed E-state index contributed by atoms with van der Waals surface area (Å²) in [5, 5.41) is 3.88. The van der Waals surface area contributed by atoms with Crippen LogP contribution in [0, 0.1) is 0 Å². The van der Waals surface area contributed by atoms with E-state index in [0.29, 0.717) is 29.5 Å². The molecule has 0 aromatic heterocycles. The van der Waals surface area contributed by atoms with E-state index in [0.717, 1.165) is 17.7 Å². The third kappa shape index (κ3) is 8.03. The number of carbonyl (C=O) groups excluding carboxylic acids is 2. The van der Waals surface area contributed by atoms with Crippen molar-refractivity contribution in [3.63, 3.8) is 0 Å². The molecule has 5 nitrogen and oxygen atoms in total. The van der Waals surface area contributed by atoms with Crippen molar-refractivity contribution in [1.82, 2.24) is 10.2 Å². The summed E-state index contributed by atoms with van der Waals surface area (Å²) in [5.74, 6) is 0.529. The Hall–Kier alpha value is -2.24. The van der Waals surface area contributed by atoms with E-state index in [1.807, 2.05) is 57.2 Å². The molecule has 0 spiro atoms. The molecule has 1 N–H and O–H groups in total. The van der Waals surface area contributed by atoms with Gasteiger partial charge in [-0.15, -0.1) is 0 Å². The number of amides is 2. The number of halogens is 2. The van der Waals surface area contributed by atoms with E-state index in [4.69, 9.17) is 27.9 Å². The van der Waals surface area contributed by atoms with E-state index >= 15 is 0 Å². The van der Waals surface area contributed by atoms with Gasteiger partial charge in [-0.25, -0.2) is 0 Å². The van der Waals surface area contributed by atoms with Crippen molar-refractivity contribution in [3.05, 3.63) is 64.1 Å². The van der Waals surface area contributed by atoms with E-state index in [-0.39, 0.29) is 30.8 Å². The predicted octanol–water partition coefficient (Wildman–Crippen LogP) is 5.87. The van der Waals surface area contributed by atoms with Gasteiger partial charge in [-0.05, 0) is 56.0 Å². The van der Waals surface area contributed by atoms with Gasteiger partial charge >= 0.3 is 0 Å². The monoisotopic (exact) mass is 478 g/mol. The molecule has 2 aromatic rings. The van der Waals surface area contributed by atoms with E-state index in [1.54, 1.807) is 17.0 Å². The molecular formula is C25H32Cl2N2O3. The summed E-state index contributed by atoms with van der Waals surface area (Å²) in [6.07, 6.45) is 2.16. The maximum absolute atomic E-state index is 13.2. The first kappa shape index (κ1) is 26.0. The zero-order valence-electron chi connectivity index (χ0n) is 18.9. The second kappa shape index (κ2) is 13.3. The fourth-order valence-corrected chi connectivity index (χ4v) is 3.59. The summed E-state index contributed by atoms with van der Waals surface area (Å²) in [5.41, 5.74) is 0.822. The van der Waals surface area contributed by atoms with Gasteiger partial charge in [-0.2, -0.15) is 0 Å². The van der Waals surface area contributed by atoms with Gasteiger partial charge in [0.15, 0.2) is 0 Å². The smallest absolute Gasteiger partial charge is 0.243 e. The molecule has 0 heterocycles. The topological polar surface area (TPSA) is 58.6 Å². The summed E-state index contributed by atoms with van der Waals surface area (Å²) >= 11 is 12.2. The molecule has 32 heavy (non-hydrogen) atoms. The maximum Gasteiger partial charge on any atom is 0.243 e. The molecule has 2 amide bonds. The van der Waals surface area contributed by atoms with Gasteiger partial charge in [-0.3, -0.25) is 9.59 Å². The average Bonchev–Trinajstić information content (AvgIpc) is 2.79. The van der Waals surface area contributed by atoms with Gasteiger partial charge < -0.3 is 15.0 Å². The summed E-state index contributed by atoms with van der Waals surface area (Å²) in [6, 6.07) is 14.2. The summed E-state index contributed by atoms with van der Waals surface area (Å²) in [6.45, 7) is 6.58. The van der Waals surface area contributed by atoms with E-state index in [2.05, 4.69) is 5.32 Å². The van der Waals surface area contributed by atoms with Crippen LogP contribution in [0.1, 0.15) is 52.0 Å². The Labute approximate surface area is 201 Å². The van der Waals surface area contributed by atoms with Crippen molar-refractivity contribution in [2.75, 3.05) is 6.61 Å². The number of hydrogen-bond donors (Lipinski definition) is 1. The molecule has 0 saturated heterocycles. The normalized spacial score (nSPS) is 12.7. The molecule has 174 valence electrons. The van der Waals surface area contributed by atoms with Crippen LogP contribution < -0.4 is 10.1 Å². The lowest BCUT2D eigenvalue weighted by atomic mass is 10.1. The summed E-state index contributed by atoms with van der Waals surface area (Å²) < 4.78 is 5.70. The number of para-hydroxylation sites is 1. The highest BCUT2D eigenvalue weighted by atomic mass is 35.5. The molecule has 0 fully saturated rings. The quantitative estimate of drug-likeness (QED) is 0.387. The highest BCUT2D eigenvalue weighted by molar-refractivity contribution is 6.42. The average molecular weight is 479 g/mol. The predicted molar refractivity (Wildman–Crippen MR) is 130 cm³/mol. The Morgan fingerprint density at radius 2 is 1.75 bits per heavy atom. The Bertz CT molecular complexity index is 877. The third-order valence-corrected chi connectivity index (χ3v) is 6.01. The lowest BCUT2D eigenvalue weighted by Crippen LogP contribution is -2.50. The molecule has 0 saturated carbocycles. The molecule has 7 heteroatoms. The highest BCUT2D eigenvalue weighted by Crippen LogP contribution is 2.24. The van der Waals surface area contributed by atoms with Crippen LogP contribution in [0.2, 0.25) is 10.0 Å². The first-order valence-electron chi connectivity index (χ1n) is 11.1. The highest BCUT2D eigenvalue weighted by Gasteiger charge is 2.29. The molecule has 0 aliphatic heterocycles. The Balaban J connectivity index is 2.10. The van der Waals surface area contributed by atoms with Crippen molar-refractivity contribution in [1.29, 1.82) is 0 Å². The lowest BCUT2D eigenvalue weighted by molar-refractivity contribution is -0.141. The minimum absolute atomic E-state index is 0.0396. The number of benzene rings is 2. The third-order valence-electron chi connectivity index (χ3n) is 5.27. The standard InChI is InChI=1S/C25H32Cl2N2O3/c1-4-18(3)28-25(31)23(5-2)29(17-19-13-14-21(26)22(27)16-19)24(30)12-9-15-32-20-10-7-6-8-11-20/h6-8,10-11,13-14,16,18,23H,4-5,9,12,15,17H2,1-3H3,(H,28,31). The van der Waals surface area contributed by atoms with Crippen molar-refractivity contribution in [3.8, 4) is 5.75 Å². The summed E-state index contributed by atoms with van der Waals surface area (Å²) in [7, 11) is 0. The van der Waals surface area contributed by atoms with Crippen molar-refractivity contribution in [2.45, 2.75) is 65.1 Å². The minimum Gasteiger partial charge on any atom is -0.494 e. The van der Waals surface area contributed by atoms with Crippen LogP contribution >= 0.6 is 23.2 Å². The molecular weight excluding hydrogens is 447 g/mol. The van der Waals surface area contributed by atoms with Gasteiger partial charge in [0.25, 0.3) is 0 Å². The Morgan fingerprint density at radius 1 is 1.03 bits per heavy atom. The van der Waals surface area contributed by atoms with Gasteiger partial charge in [0, 0.05) is 19.0 Å². The number of rotatable bonds is 12. The molecule has 2 unspecified atom stereocenters. The van der Waals surface area contributed by atoms with Crippen LogP contribution in [0.4, 0.5) is 0 Å².